The first-order chi connectivity index (χ1) is 4.50. The maximum absolute atomic E-state index is 12.5. The lowest BCUT2D eigenvalue weighted by molar-refractivity contribution is -0.0838. The highest BCUT2D eigenvalue weighted by Gasteiger charge is 2.65. The van der Waals surface area contributed by atoms with Crippen molar-refractivity contribution in [2.24, 2.45) is 0 Å². The van der Waals surface area contributed by atoms with Crippen LogP contribution in [0.1, 0.15) is 0 Å². The highest BCUT2D eigenvalue weighted by atomic mass is 79.9. The van der Waals surface area contributed by atoms with Gasteiger partial charge in [0.2, 0.25) is 0 Å². The molecule has 0 aliphatic rings. The molecule has 0 nitrogen and oxygen atoms in total. The van der Waals surface area contributed by atoms with Crippen molar-refractivity contribution in [2.75, 3.05) is 0 Å². The van der Waals surface area contributed by atoms with Crippen LogP contribution >= 0.6 is 63.7 Å². The third kappa shape index (κ3) is 2.80. The standard InChI is InChI=1S/C3Br4F4/c4-2(5,10)1(8,9)3(6,7)11. The lowest BCUT2D eigenvalue weighted by Gasteiger charge is -2.28. The van der Waals surface area contributed by atoms with Crippen molar-refractivity contribution >= 4 is 63.7 Å². The molecule has 0 bridgehead atoms. The van der Waals surface area contributed by atoms with Crippen molar-refractivity contribution in [1.29, 1.82) is 0 Å². The maximum Gasteiger partial charge on any atom is 0.354 e. The number of rotatable bonds is 2. The number of halogens is 8. The Morgan fingerprint density at radius 1 is 0.636 bits per heavy atom. The summed E-state index contributed by atoms with van der Waals surface area (Å²) >= 11 is 7.74. The molecule has 0 N–H and O–H groups in total. The van der Waals surface area contributed by atoms with E-state index in [9.17, 15) is 17.6 Å². The topological polar surface area (TPSA) is 0 Å². The van der Waals surface area contributed by atoms with E-state index in [1.165, 1.54) is 0 Å². The zero-order valence-corrected chi connectivity index (χ0v) is 10.9. The molecule has 8 heteroatoms. The van der Waals surface area contributed by atoms with Crippen LogP contribution in [0.4, 0.5) is 17.6 Å². The summed E-state index contributed by atoms with van der Waals surface area (Å²) in [7, 11) is 0. The van der Waals surface area contributed by atoms with Gasteiger partial charge in [0.15, 0.2) is 0 Å². The van der Waals surface area contributed by atoms with E-state index in [-0.39, 0.29) is 0 Å². The van der Waals surface area contributed by atoms with Gasteiger partial charge in [-0.3, -0.25) is 0 Å². The second-order valence-electron chi connectivity index (χ2n) is 1.57. The first-order valence-electron chi connectivity index (χ1n) is 2.01. The predicted octanol–water partition coefficient (Wildman–Crippen LogP) is 4.45. The van der Waals surface area contributed by atoms with Crippen LogP contribution in [-0.4, -0.2) is 12.9 Å². The van der Waals surface area contributed by atoms with Crippen molar-refractivity contribution in [2.45, 2.75) is 12.9 Å². The van der Waals surface area contributed by atoms with Crippen molar-refractivity contribution in [3.63, 3.8) is 0 Å². The summed E-state index contributed by atoms with van der Waals surface area (Å²) in [4.78, 5) is 0. The van der Waals surface area contributed by atoms with Crippen LogP contribution in [0.15, 0.2) is 0 Å². The minimum absolute atomic E-state index is 1.94. The monoisotopic (exact) mass is 428 g/mol. The Hall–Kier alpha value is 1.64. The number of hydrogen-bond donors (Lipinski definition) is 0. The maximum atomic E-state index is 12.5. The zero-order valence-electron chi connectivity index (χ0n) is 4.52. The van der Waals surface area contributed by atoms with Crippen molar-refractivity contribution < 1.29 is 17.6 Å². The van der Waals surface area contributed by atoms with Crippen LogP contribution < -0.4 is 0 Å². The Morgan fingerprint density at radius 3 is 0.818 bits per heavy atom. The van der Waals surface area contributed by atoms with Gasteiger partial charge in [-0.25, -0.2) is 8.78 Å². The molecule has 11 heavy (non-hydrogen) atoms. The van der Waals surface area contributed by atoms with Crippen LogP contribution in [-0.2, 0) is 0 Å². The van der Waals surface area contributed by atoms with E-state index in [4.69, 9.17) is 0 Å². The second kappa shape index (κ2) is 3.42. The summed E-state index contributed by atoms with van der Waals surface area (Å²) in [5.74, 6) is -4.29. The largest absolute Gasteiger partial charge is 0.354 e. The SMILES string of the molecule is FC(Br)(Br)C(F)(F)C(F)(Br)Br. The predicted molar refractivity (Wildman–Crippen MR) is 48.3 cm³/mol. The van der Waals surface area contributed by atoms with Crippen LogP contribution in [0.3, 0.4) is 0 Å². The molecule has 0 amide bonds. The Balaban J connectivity index is 4.75. The lowest BCUT2D eigenvalue weighted by atomic mass is 10.4. The fraction of sp³-hybridized carbons (Fsp3) is 1.00. The Kier molecular flexibility index (Phi) is 3.93. The van der Waals surface area contributed by atoms with Crippen LogP contribution in [0.25, 0.3) is 0 Å². The normalized spacial score (nSPS) is 15.3. The van der Waals surface area contributed by atoms with E-state index < -0.39 is 12.9 Å². The van der Waals surface area contributed by atoms with E-state index in [1.807, 2.05) is 63.7 Å². The van der Waals surface area contributed by atoms with E-state index in [1.54, 1.807) is 0 Å². The van der Waals surface area contributed by atoms with Crippen LogP contribution in [0, 0.1) is 0 Å². The van der Waals surface area contributed by atoms with Gasteiger partial charge < -0.3 is 0 Å². The average molecular weight is 432 g/mol. The summed E-state index contributed by atoms with van der Waals surface area (Å²) < 4.78 is 43.3. The van der Waals surface area contributed by atoms with Gasteiger partial charge in [-0.2, -0.15) is 8.78 Å². The van der Waals surface area contributed by atoms with Gasteiger partial charge in [0.25, 0.3) is 6.97 Å². The van der Waals surface area contributed by atoms with Crippen molar-refractivity contribution in [3.8, 4) is 0 Å². The van der Waals surface area contributed by atoms with Gasteiger partial charge in [0.1, 0.15) is 0 Å². The molecule has 0 saturated carbocycles. The molecule has 0 radical (unpaired) electrons. The first kappa shape index (κ1) is 12.6. The molecule has 0 aromatic carbocycles. The number of alkyl halides is 8. The van der Waals surface area contributed by atoms with Gasteiger partial charge in [0, 0.05) is 0 Å². The molecule has 0 saturated heterocycles. The highest BCUT2D eigenvalue weighted by molar-refractivity contribution is 9.26. The van der Waals surface area contributed by atoms with Gasteiger partial charge in [0.05, 0.1) is 0 Å². The molecule has 0 atom stereocenters. The third-order valence-corrected chi connectivity index (χ3v) is 2.70. The fourth-order valence-electron chi connectivity index (χ4n) is 0.161. The van der Waals surface area contributed by atoms with Crippen LogP contribution in [0.5, 0.6) is 0 Å². The highest BCUT2D eigenvalue weighted by Crippen LogP contribution is 2.55. The Bertz CT molecular complexity index is 128. The summed E-state index contributed by atoms with van der Waals surface area (Å²) in [6.07, 6.45) is 0. The molecule has 0 rings (SSSR count). The molecular formula is C3Br4F4. The zero-order chi connectivity index (χ0) is 9.50. The summed E-state index contributed by atoms with van der Waals surface area (Å²) in [6, 6.07) is 0. The fourth-order valence-corrected chi connectivity index (χ4v) is 2.32. The molecule has 0 spiro atoms. The quantitative estimate of drug-likeness (QED) is 0.448. The lowest BCUT2D eigenvalue weighted by Crippen LogP contribution is -2.45. The summed E-state index contributed by atoms with van der Waals surface area (Å²) in [5.41, 5.74) is 0. The van der Waals surface area contributed by atoms with Gasteiger partial charge in [-0.05, 0) is 63.7 Å². The summed E-state index contributed by atoms with van der Waals surface area (Å²) in [5, 5.41) is 0. The van der Waals surface area contributed by atoms with Gasteiger partial charge in [-0.15, -0.1) is 0 Å². The smallest absolute Gasteiger partial charge is 0.212 e. The third-order valence-electron chi connectivity index (χ3n) is 0.712. The second-order valence-corrected chi connectivity index (χ2v) is 8.07. The summed E-state index contributed by atoms with van der Waals surface area (Å²) in [6.45, 7) is 0. The van der Waals surface area contributed by atoms with E-state index in [0.29, 0.717) is 0 Å². The molecule has 0 unspecified atom stereocenters. The Labute approximate surface area is 93.6 Å². The van der Waals surface area contributed by atoms with Crippen LogP contribution in [0.2, 0.25) is 0 Å². The molecule has 68 valence electrons. The van der Waals surface area contributed by atoms with Gasteiger partial charge in [-0.1, -0.05) is 0 Å². The molecule has 0 aromatic rings. The van der Waals surface area contributed by atoms with Crippen molar-refractivity contribution in [1.82, 2.24) is 0 Å². The van der Waals surface area contributed by atoms with E-state index in [0.717, 1.165) is 0 Å². The molecule has 0 aliphatic heterocycles. The van der Waals surface area contributed by atoms with E-state index in [2.05, 4.69) is 0 Å². The molecule has 0 aromatic heterocycles. The molecular weight excluding hydrogens is 432 g/mol. The molecule has 0 aliphatic carbocycles. The van der Waals surface area contributed by atoms with Crippen molar-refractivity contribution in [3.05, 3.63) is 0 Å². The van der Waals surface area contributed by atoms with Gasteiger partial charge >= 0.3 is 5.92 Å². The molecule has 0 fully saturated rings. The first-order valence-corrected chi connectivity index (χ1v) is 5.18. The molecule has 0 heterocycles. The Morgan fingerprint density at radius 2 is 0.818 bits per heavy atom. The minimum atomic E-state index is -4.29. The average Bonchev–Trinajstić information content (AvgIpc) is 1.58. The minimum Gasteiger partial charge on any atom is -0.212 e. The number of hydrogen-bond acceptors (Lipinski definition) is 0. The van der Waals surface area contributed by atoms with E-state index >= 15 is 0 Å².